The predicted molar refractivity (Wildman–Crippen MR) is 72.3 cm³/mol. The Morgan fingerprint density at radius 2 is 1.82 bits per heavy atom. The molecule has 1 N–H and O–H groups in total. The Morgan fingerprint density at radius 1 is 1.24 bits per heavy atom. The van der Waals surface area contributed by atoms with Crippen molar-refractivity contribution in [3.63, 3.8) is 0 Å². The monoisotopic (exact) mass is 233 g/mol. The molecule has 0 saturated heterocycles. The van der Waals surface area contributed by atoms with Crippen molar-refractivity contribution in [3.8, 4) is 0 Å². The van der Waals surface area contributed by atoms with E-state index in [-0.39, 0.29) is 5.91 Å². The summed E-state index contributed by atoms with van der Waals surface area (Å²) in [6.45, 7) is 6.11. The van der Waals surface area contributed by atoms with Crippen LogP contribution in [-0.2, 0) is 6.42 Å². The van der Waals surface area contributed by atoms with Crippen molar-refractivity contribution in [1.82, 2.24) is 5.32 Å². The maximum absolute atomic E-state index is 11.7. The maximum atomic E-state index is 11.7. The smallest absolute Gasteiger partial charge is 0.251 e. The lowest BCUT2D eigenvalue weighted by Crippen LogP contribution is -2.39. The first-order valence-corrected chi connectivity index (χ1v) is 6.69. The molecule has 0 spiro atoms. The van der Waals surface area contributed by atoms with E-state index in [9.17, 15) is 4.79 Å². The second-order valence-electron chi connectivity index (χ2n) is 4.15. The Labute approximate surface area is 104 Å². The molecule has 1 fully saturated rings. The van der Waals surface area contributed by atoms with Gasteiger partial charge in [-0.1, -0.05) is 32.9 Å². The number of benzene rings is 1. The molecule has 0 radical (unpaired) electrons. The Morgan fingerprint density at radius 3 is 2.24 bits per heavy atom. The van der Waals surface area contributed by atoms with Gasteiger partial charge in [-0.3, -0.25) is 4.79 Å². The zero-order chi connectivity index (χ0) is 12.7. The normalized spacial score (nSPS) is 14.3. The van der Waals surface area contributed by atoms with Crippen LogP contribution in [0.1, 0.15) is 56.0 Å². The topological polar surface area (TPSA) is 29.1 Å². The van der Waals surface area contributed by atoms with Gasteiger partial charge in [0.25, 0.3) is 5.91 Å². The van der Waals surface area contributed by atoms with Crippen molar-refractivity contribution in [1.29, 1.82) is 0 Å². The van der Waals surface area contributed by atoms with Gasteiger partial charge in [0, 0.05) is 11.6 Å². The van der Waals surface area contributed by atoms with Crippen LogP contribution in [0.3, 0.4) is 0 Å². The van der Waals surface area contributed by atoms with Gasteiger partial charge in [-0.05, 0) is 43.4 Å². The van der Waals surface area contributed by atoms with Crippen LogP contribution in [0.4, 0.5) is 0 Å². The summed E-state index contributed by atoms with van der Waals surface area (Å²) in [6.07, 6.45) is 4.54. The zero-order valence-corrected chi connectivity index (χ0v) is 11.1. The Bertz CT molecular complexity index is 338. The molecule has 0 aliphatic heterocycles. The summed E-state index contributed by atoms with van der Waals surface area (Å²) in [7, 11) is 0. The van der Waals surface area contributed by atoms with Crippen LogP contribution in [0, 0.1) is 0 Å². The summed E-state index contributed by atoms with van der Waals surface area (Å²) in [5.74, 6) is 0.0716. The van der Waals surface area contributed by atoms with Crippen LogP contribution < -0.4 is 5.32 Å². The van der Waals surface area contributed by atoms with E-state index >= 15 is 0 Å². The summed E-state index contributed by atoms with van der Waals surface area (Å²) in [6, 6.07) is 8.29. The zero-order valence-electron chi connectivity index (χ0n) is 11.1. The molecular weight excluding hydrogens is 210 g/mol. The number of hydrogen-bond acceptors (Lipinski definition) is 1. The molecule has 0 unspecified atom stereocenters. The lowest BCUT2D eigenvalue weighted by Gasteiger charge is -2.26. The minimum Gasteiger partial charge on any atom is -0.349 e. The Hall–Kier alpha value is -1.31. The molecule has 2 rings (SSSR count). The van der Waals surface area contributed by atoms with Gasteiger partial charge in [0.15, 0.2) is 0 Å². The summed E-state index contributed by atoms with van der Waals surface area (Å²) < 4.78 is 0. The highest BCUT2D eigenvalue weighted by Gasteiger charge is 2.19. The predicted octanol–water partition coefficient (Wildman–Crippen LogP) is 3.56. The van der Waals surface area contributed by atoms with Gasteiger partial charge in [0.2, 0.25) is 0 Å². The second kappa shape index (κ2) is 7.10. The molecule has 17 heavy (non-hydrogen) atoms. The van der Waals surface area contributed by atoms with E-state index in [1.54, 1.807) is 0 Å². The lowest BCUT2D eigenvalue weighted by atomic mass is 9.93. The molecule has 0 atom stereocenters. The standard InChI is InChI=1S/C13H17NO.C2H6/c1-2-10-6-8-11(9-7-10)13(15)14-12-4-3-5-12;1-2/h6-9,12H,2-5H2,1H3,(H,14,15);1-2H3. The third-order valence-electron chi connectivity index (χ3n) is 3.06. The third-order valence-corrected chi connectivity index (χ3v) is 3.06. The molecule has 0 heterocycles. The number of nitrogens with one attached hydrogen (secondary N) is 1. The number of carbonyl (C=O) groups excluding carboxylic acids is 1. The van der Waals surface area contributed by atoms with E-state index in [2.05, 4.69) is 12.2 Å². The van der Waals surface area contributed by atoms with Crippen LogP contribution in [0.25, 0.3) is 0 Å². The number of amides is 1. The minimum absolute atomic E-state index is 0.0716. The SMILES string of the molecule is CC.CCc1ccc(C(=O)NC2CCC2)cc1. The lowest BCUT2D eigenvalue weighted by molar-refractivity contribution is 0.0917. The highest BCUT2D eigenvalue weighted by atomic mass is 16.1. The summed E-state index contributed by atoms with van der Waals surface area (Å²) in [5.41, 5.74) is 2.05. The fourth-order valence-electron chi connectivity index (χ4n) is 1.71. The van der Waals surface area contributed by atoms with Gasteiger partial charge in [-0.2, -0.15) is 0 Å². The van der Waals surface area contributed by atoms with Gasteiger partial charge < -0.3 is 5.32 Å². The largest absolute Gasteiger partial charge is 0.349 e. The molecule has 94 valence electrons. The number of aryl methyl sites for hydroxylation is 1. The summed E-state index contributed by atoms with van der Waals surface area (Å²) >= 11 is 0. The van der Waals surface area contributed by atoms with Gasteiger partial charge in [-0.25, -0.2) is 0 Å². The maximum Gasteiger partial charge on any atom is 0.251 e. The summed E-state index contributed by atoms with van der Waals surface area (Å²) in [4.78, 5) is 11.7. The quantitative estimate of drug-likeness (QED) is 0.849. The molecule has 0 bridgehead atoms. The first kappa shape index (κ1) is 13.8. The van der Waals surface area contributed by atoms with Gasteiger partial charge >= 0.3 is 0 Å². The fraction of sp³-hybridized carbons (Fsp3) is 0.533. The summed E-state index contributed by atoms with van der Waals surface area (Å²) in [5, 5.41) is 3.03. The van der Waals surface area contributed by atoms with Crippen molar-refractivity contribution in [2.75, 3.05) is 0 Å². The first-order valence-electron chi connectivity index (χ1n) is 6.69. The number of hydrogen-bond donors (Lipinski definition) is 1. The molecule has 0 aromatic heterocycles. The average Bonchev–Trinajstić information content (AvgIpc) is 2.36. The van der Waals surface area contributed by atoms with Crippen molar-refractivity contribution >= 4 is 5.91 Å². The van der Waals surface area contributed by atoms with Crippen molar-refractivity contribution in [3.05, 3.63) is 35.4 Å². The molecule has 2 heteroatoms. The molecule has 1 aromatic carbocycles. The highest BCUT2D eigenvalue weighted by molar-refractivity contribution is 5.94. The van der Waals surface area contributed by atoms with Gasteiger partial charge in [0.05, 0.1) is 0 Å². The van der Waals surface area contributed by atoms with Crippen molar-refractivity contribution < 1.29 is 4.79 Å². The first-order chi connectivity index (χ1) is 8.29. The highest BCUT2D eigenvalue weighted by Crippen LogP contribution is 2.18. The second-order valence-corrected chi connectivity index (χ2v) is 4.15. The average molecular weight is 233 g/mol. The van der Waals surface area contributed by atoms with E-state index in [0.29, 0.717) is 6.04 Å². The van der Waals surface area contributed by atoms with E-state index in [0.717, 1.165) is 24.8 Å². The molecule has 1 aliphatic rings. The molecule has 1 aromatic rings. The molecular formula is C15H23NO. The van der Waals surface area contributed by atoms with Crippen molar-refractivity contribution in [2.24, 2.45) is 0 Å². The van der Waals surface area contributed by atoms with E-state index < -0.39 is 0 Å². The van der Waals surface area contributed by atoms with E-state index in [1.807, 2.05) is 38.1 Å². The van der Waals surface area contributed by atoms with Crippen LogP contribution in [0.5, 0.6) is 0 Å². The van der Waals surface area contributed by atoms with E-state index in [4.69, 9.17) is 0 Å². The van der Waals surface area contributed by atoms with Gasteiger partial charge in [-0.15, -0.1) is 0 Å². The van der Waals surface area contributed by atoms with E-state index in [1.165, 1.54) is 12.0 Å². The van der Waals surface area contributed by atoms with Crippen LogP contribution in [0.15, 0.2) is 24.3 Å². The Kier molecular flexibility index (Phi) is 5.75. The molecule has 1 saturated carbocycles. The number of rotatable bonds is 3. The third kappa shape index (κ3) is 3.88. The fourth-order valence-corrected chi connectivity index (χ4v) is 1.71. The van der Waals surface area contributed by atoms with Crippen LogP contribution in [0.2, 0.25) is 0 Å². The van der Waals surface area contributed by atoms with Crippen LogP contribution in [-0.4, -0.2) is 11.9 Å². The van der Waals surface area contributed by atoms with Crippen molar-refractivity contribution in [2.45, 2.75) is 52.5 Å². The molecule has 1 aliphatic carbocycles. The van der Waals surface area contributed by atoms with Crippen LogP contribution >= 0.6 is 0 Å². The molecule has 1 amide bonds. The van der Waals surface area contributed by atoms with Gasteiger partial charge in [0.1, 0.15) is 0 Å². The Balaban J connectivity index is 0.000000686. The number of carbonyl (C=O) groups is 1. The molecule has 2 nitrogen and oxygen atoms in total. The minimum atomic E-state index is 0.0716.